The molecule has 7 nitrogen and oxygen atoms in total. The molecule has 4 rings (SSSR count). The van der Waals surface area contributed by atoms with Gasteiger partial charge in [0.1, 0.15) is 5.69 Å². The maximum Gasteiger partial charge on any atom is 0.416 e. The minimum absolute atomic E-state index is 0.0679. The minimum Gasteiger partial charge on any atom is -0.268 e. The maximum atomic E-state index is 15.0. The van der Waals surface area contributed by atoms with Gasteiger partial charge in [-0.2, -0.15) is 23.5 Å². The number of rotatable bonds is 3. The molecule has 0 spiro atoms. The van der Waals surface area contributed by atoms with Gasteiger partial charge in [0, 0.05) is 12.7 Å². The molecule has 0 saturated carbocycles. The average molecular weight is 469 g/mol. The average Bonchev–Trinajstić information content (AvgIpc) is 3.18. The molecule has 0 fully saturated rings. The lowest BCUT2D eigenvalue weighted by molar-refractivity contribution is -0.137. The zero-order valence-electron chi connectivity index (χ0n) is 17.8. The molecule has 0 amide bonds. The van der Waals surface area contributed by atoms with Crippen LogP contribution in [0.2, 0.25) is 0 Å². The standard InChI is InChI=1S/C23H15F4N5O2/c1-13-19(20-18(24)12-29-32(20)16-8-6-14(11-28)7-9-16)21(33)30(2)22(34)31(13)17-5-3-4-15(10-17)23(25,26)27/h3-10,12H,1-2H3. The summed E-state index contributed by atoms with van der Waals surface area (Å²) in [5.41, 5.74) is -2.78. The first-order valence-corrected chi connectivity index (χ1v) is 9.79. The van der Waals surface area contributed by atoms with Crippen LogP contribution in [0.5, 0.6) is 0 Å². The summed E-state index contributed by atoms with van der Waals surface area (Å²) in [5.74, 6) is -0.876. The third-order valence-electron chi connectivity index (χ3n) is 5.33. The first-order chi connectivity index (χ1) is 16.0. The number of nitriles is 1. The van der Waals surface area contributed by atoms with Crippen LogP contribution in [0.3, 0.4) is 0 Å². The van der Waals surface area contributed by atoms with E-state index < -0.39 is 28.8 Å². The highest BCUT2D eigenvalue weighted by Gasteiger charge is 2.31. The number of hydrogen-bond donors (Lipinski definition) is 0. The SMILES string of the molecule is Cc1c(-c2c(F)cnn2-c2ccc(C#N)cc2)c(=O)n(C)c(=O)n1-c1cccc(C(F)(F)F)c1. The van der Waals surface area contributed by atoms with Gasteiger partial charge in [0.2, 0.25) is 0 Å². The van der Waals surface area contributed by atoms with E-state index in [1.54, 1.807) is 0 Å². The largest absolute Gasteiger partial charge is 0.416 e. The highest BCUT2D eigenvalue weighted by molar-refractivity contribution is 5.65. The van der Waals surface area contributed by atoms with Crippen molar-refractivity contribution in [3.05, 3.63) is 98.2 Å². The van der Waals surface area contributed by atoms with Crippen LogP contribution in [0.4, 0.5) is 17.6 Å². The van der Waals surface area contributed by atoms with E-state index in [0.29, 0.717) is 15.8 Å². The van der Waals surface area contributed by atoms with Gasteiger partial charge in [-0.15, -0.1) is 0 Å². The summed E-state index contributed by atoms with van der Waals surface area (Å²) in [5, 5.41) is 13.0. The third kappa shape index (κ3) is 3.69. The molecule has 0 unspecified atom stereocenters. The topological polar surface area (TPSA) is 85.6 Å². The van der Waals surface area contributed by atoms with E-state index in [0.717, 1.165) is 40.7 Å². The van der Waals surface area contributed by atoms with E-state index in [1.807, 2.05) is 6.07 Å². The number of aromatic nitrogens is 4. The van der Waals surface area contributed by atoms with Crippen molar-refractivity contribution in [1.29, 1.82) is 5.26 Å². The molecule has 0 aliphatic heterocycles. The van der Waals surface area contributed by atoms with Gasteiger partial charge in [-0.3, -0.25) is 13.9 Å². The second kappa shape index (κ2) is 8.15. The van der Waals surface area contributed by atoms with Gasteiger partial charge >= 0.3 is 11.9 Å². The molecular weight excluding hydrogens is 454 g/mol. The quantitative estimate of drug-likeness (QED) is 0.428. The van der Waals surface area contributed by atoms with E-state index >= 15 is 0 Å². The Kier molecular flexibility index (Phi) is 5.45. The molecule has 0 radical (unpaired) electrons. The molecule has 2 aromatic carbocycles. The van der Waals surface area contributed by atoms with Gasteiger partial charge in [0.05, 0.1) is 40.3 Å². The second-order valence-electron chi connectivity index (χ2n) is 7.40. The number of benzene rings is 2. The lowest BCUT2D eigenvalue weighted by Gasteiger charge is -2.17. The normalized spacial score (nSPS) is 11.4. The molecular formula is C23H15F4N5O2. The third-order valence-corrected chi connectivity index (χ3v) is 5.33. The fourth-order valence-corrected chi connectivity index (χ4v) is 3.64. The number of alkyl halides is 3. The summed E-state index contributed by atoms with van der Waals surface area (Å²) in [4.78, 5) is 26.0. The van der Waals surface area contributed by atoms with Crippen LogP contribution in [-0.4, -0.2) is 18.9 Å². The Hall–Kier alpha value is -4.46. The lowest BCUT2D eigenvalue weighted by atomic mass is 10.1. The van der Waals surface area contributed by atoms with Gasteiger partial charge in [-0.25, -0.2) is 13.9 Å². The van der Waals surface area contributed by atoms with Crippen LogP contribution < -0.4 is 11.2 Å². The predicted octanol–water partition coefficient (Wildman–Crippen LogP) is 3.73. The smallest absolute Gasteiger partial charge is 0.268 e. The van der Waals surface area contributed by atoms with Gasteiger partial charge in [0.25, 0.3) is 5.56 Å². The Bertz CT molecular complexity index is 1570. The molecule has 11 heteroatoms. The molecule has 2 heterocycles. The van der Waals surface area contributed by atoms with Crippen molar-refractivity contribution >= 4 is 0 Å². The van der Waals surface area contributed by atoms with Crippen LogP contribution in [-0.2, 0) is 13.2 Å². The maximum absolute atomic E-state index is 15.0. The van der Waals surface area contributed by atoms with Crippen LogP contribution in [0, 0.1) is 24.1 Å². The summed E-state index contributed by atoms with van der Waals surface area (Å²) in [6, 6.07) is 12.0. The minimum atomic E-state index is -4.66. The zero-order valence-corrected chi connectivity index (χ0v) is 17.8. The predicted molar refractivity (Wildman–Crippen MR) is 114 cm³/mol. The highest BCUT2D eigenvalue weighted by atomic mass is 19.4. The van der Waals surface area contributed by atoms with Crippen molar-refractivity contribution < 1.29 is 17.6 Å². The first-order valence-electron chi connectivity index (χ1n) is 9.79. The Morgan fingerprint density at radius 3 is 2.32 bits per heavy atom. The molecule has 0 atom stereocenters. The van der Waals surface area contributed by atoms with Gasteiger partial charge < -0.3 is 0 Å². The highest BCUT2D eigenvalue weighted by Crippen LogP contribution is 2.31. The lowest BCUT2D eigenvalue weighted by Crippen LogP contribution is -2.40. The second-order valence-corrected chi connectivity index (χ2v) is 7.40. The molecule has 0 saturated heterocycles. The Labute approximate surface area is 189 Å². The zero-order chi connectivity index (χ0) is 24.8. The van der Waals surface area contributed by atoms with E-state index in [-0.39, 0.29) is 22.6 Å². The van der Waals surface area contributed by atoms with E-state index in [1.165, 1.54) is 37.3 Å². The van der Waals surface area contributed by atoms with Crippen LogP contribution in [0.1, 0.15) is 16.8 Å². The van der Waals surface area contributed by atoms with Crippen LogP contribution in [0.15, 0.2) is 64.3 Å². The Balaban J connectivity index is 2.02. The van der Waals surface area contributed by atoms with E-state index in [9.17, 15) is 27.2 Å². The fourth-order valence-electron chi connectivity index (χ4n) is 3.64. The monoisotopic (exact) mass is 469 g/mol. The van der Waals surface area contributed by atoms with Crippen molar-refractivity contribution in [3.63, 3.8) is 0 Å². The molecule has 34 heavy (non-hydrogen) atoms. The van der Waals surface area contributed by atoms with Crippen LogP contribution >= 0.6 is 0 Å². The summed E-state index contributed by atoms with van der Waals surface area (Å²) in [6.07, 6.45) is -3.77. The van der Waals surface area contributed by atoms with Crippen molar-refractivity contribution in [2.75, 3.05) is 0 Å². The van der Waals surface area contributed by atoms with E-state index in [2.05, 4.69) is 5.10 Å². The molecule has 4 aromatic rings. The van der Waals surface area contributed by atoms with Gasteiger partial charge in [-0.05, 0) is 49.4 Å². The summed E-state index contributed by atoms with van der Waals surface area (Å²) < 4.78 is 57.5. The van der Waals surface area contributed by atoms with Crippen molar-refractivity contribution in [1.82, 2.24) is 18.9 Å². The molecule has 0 aliphatic rings. The number of hydrogen-bond acceptors (Lipinski definition) is 4. The number of nitrogens with zero attached hydrogens (tertiary/aromatic N) is 5. The van der Waals surface area contributed by atoms with E-state index in [4.69, 9.17) is 5.26 Å². The van der Waals surface area contributed by atoms with Crippen molar-refractivity contribution in [2.45, 2.75) is 13.1 Å². The molecule has 0 bridgehead atoms. The molecule has 172 valence electrons. The molecule has 0 N–H and O–H groups in total. The van der Waals surface area contributed by atoms with Gasteiger partial charge in [-0.1, -0.05) is 6.07 Å². The van der Waals surface area contributed by atoms with Gasteiger partial charge in [0.15, 0.2) is 5.82 Å². The summed E-state index contributed by atoms with van der Waals surface area (Å²) >= 11 is 0. The Morgan fingerprint density at radius 1 is 1.03 bits per heavy atom. The number of halogens is 4. The van der Waals surface area contributed by atoms with Crippen molar-refractivity contribution in [3.8, 4) is 28.7 Å². The summed E-state index contributed by atoms with van der Waals surface area (Å²) in [7, 11) is 1.15. The van der Waals surface area contributed by atoms with Crippen LogP contribution in [0.25, 0.3) is 22.6 Å². The molecule has 0 aliphatic carbocycles. The first kappa shape index (κ1) is 22.7. The van der Waals surface area contributed by atoms with Crippen molar-refractivity contribution in [2.24, 2.45) is 7.05 Å². The molecule has 2 aromatic heterocycles. The fraction of sp³-hybridized carbons (Fsp3) is 0.130. The Morgan fingerprint density at radius 2 is 1.71 bits per heavy atom. The summed E-state index contributed by atoms with van der Waals surface area (Å²) in [6.45, 7) is 1.34.